The van der Waals surface area contributed by atoms with E-state index in [9.17, 15) is 4.79 Å². The fraction of sp³-hybridized carbons (Fsp3) is 0.500. The smallest absolute Gasteiger partial charge is 0.410 e. The van der Waals surface area contributed by atoms with Gasteiger partial charge in [0.25, 0.3) is 0 Å². The third-order valence-electron chi connectivity index (χ3n) is 5.60. The Kier molecular flexibility index (Phi) is 7.60. The molecule has 1 aliphatic rings. The molecule has 1 aliphatic heterocycles. The van der Waals surface area contributed by atoms with Crippen LogP contribution in [0, 0.1) is 0 Å². The van der Waals surface area contributed by atoms with Crippen molar-refractivity contribution in [2.75, 3.05) is 26.7 Å². The molecule has 0 aliphatic carbocycles. The van der Waals surface area contributed by atoms with E-state index in [4.69, 9.17) is 9.47 Å². The van der Waals surface area contributed by atoms with Crippen LogP contribution in [0.1, 0.15) is 56.8 Å². The standard InChI is InChI=1S/C26H36N2O3/c1-6-24-23-18-22(30-17-16-27(5)25(29)31-26(2,3)4)13-12-21(23)14-15-28(24)19-20-10-8-7-9-11-20/h7-13,18,24H,6,14-17,19H2,1-5H3. The molecule has 0 saturated carbocycles. The van der Waals surface area contributed by atoms with Crippen molar-refractivity contribution in [2.24, 2.45) is 0 Å². The highest BCUT2D eigenvalue weighted by atomic mass is 16.6. The van der Waals surface area contributed by atoms with Crippen LogP contribution in [-0.4, -0.2) is 48.2 Å². The normalized spacial score (nSPS) is 16.5. The third-order valence-corrected chi connectivity index (χ3v) is 5.60. The number of hydrogen-bond donors (Lipinski definition) is 0. The Morgan fingerprint density at radius 2 is 1.90 bits per heavy atom. The van der Waals surface area contributed by atoms with Gasteiger partial charge in [0.15, 0.2) is 0 Å². The number of carbonyl (C=O) groups excluding carboxylic acids is 1. The Hall–Kier alpha value is -2.53. The molecule has 0 fully saturated rings. The van der Waals surface area contributed by atoms with Crippen molar-refractivity contribution in [1.82, 2.24) is 9.80 Å². The van der Waals surface area contributed by atoms with Crippen LogP contribution < -0.4 is 4.74 Å². The summed E-state index contributed by atoms with van der Waals surface area (Å²) < 4.78 is 11.4. The average Bonchev–Trinajstić information content (AvgIpc) is 2.73. The van der Waals surface area contributed by atoms with Crippen LogP contribution in [0.4, 0.5) is 4.79 Å². The molecule has 0 radical (unpaired) electrons. The number of carbonyl (C=O) groups is 1. The number of rotatable bonds is 7. The lowest BCUT2D eigenvalue weighted by molar-refractivity contribution is 0.0278. The molecule has 1 heterocycles. The van der Waals surface area contributed by atoms with Gasteiger partial charge in [-0.1, -0.05) is 43.3 Å². The first-order valence-electron chi connectivity index (χ1n) is 11.2. The first kappa shape index (κ1) is 23.1. The van der Waals surface area contributed by atoms with E-state index in [0.717, 1.165) is 31.7 Å². The minimum Gasteiger partial charge on any atom is -0.492 e. The third kappa shape index (κ3) is 6.47. The Morgan fingerprint density at radius 3 is 2.58 bits per heavy atom. The second-order valence-electron chi connectivity index (χ2n) is 9.24. The van der Waals surface area contributed by atoms with Gasteiger partial charge in [-0.05, 0) is 62.4 Å². The van der Waals surface area contributed by atoms with Gasteiger partial charge in [-0.3, -0.25) is 4.90 Å². The zero-order valence-electron chi connectivity index (χ0n) is 19.6. The average molecular weight is 425 g/mol. The van der Waals surface area contributed by atoms with Gasteiger partial charge in [0, 0.05) is 26.2 Å². The van der Waals surface area contributed by atoms with Crippen molar-refractivity contribution < 1.29 is 14.3 Å². The molecule has 3 rings (SSSR count). The lowest BCUT2D eigenvalue weighted by Gasteiger charge is -2.37. The van der Waals surface area contributed by atoms with Crippen LogP contribution in [0.15, 0.2) is 48.5 Å². The first-order valence-corrected chi connectivity index (χ1v) is 11.2. The lowest BCUT2D eigenvalue weighted by atomic mass is 9.90. The number of nitrogens with zero attached hydrogens (tertiary/aromatic N) is 2. The number of likely N-dealkylation sites (N-methyl/N-ethyl adjacent to an activating group) is 1. The molecule has 31 heavy (non-hydrogen) atoms. The molecule has 1 unspecified atom stereocenters. The highest BCUT2D eigenvalue weighted by Crippen LogP contribution is 2.35. The maximum atomic E-state index is 12.1. The minimum absolute atomic E-state index is 0.329. The SMILES string of the molecule is CCC1c2cc(OCCN(C)C(=O)OC(C)(C)C)ccc2CCN1Cc1ccccc1. The second kappa shape index (κ2) is 10.2. The summed E-state index contributed by atoms with van der Waals surface area (Å²) in [7, 11) is 1.73. The summed E-state index contributed by atoms with van der Waals surface area (Å²) in [4.78, 5) is 16.2. The van der Waals surface area contributed by atoms with Gasteiger partial charge >= 0.3 is 6.09 Å². The van der Waals surface area contributed by atoms with Crippen molar-refractivity contribution >= 4 is 6.09 Å². The van der Waals surface area contributed by atoms with Crippen LogP contribution in [-0.2, 0) is 17.7 Å². The number of hydrogen-bond acceptors (Lipinski definition) is 4. The fourth-order valence-corrected chi connectivity index (χ4v) is 4.03. The van der Waals surface area contributed by atoms with E-state index < -0.39 is 5.60 Å². The Morgan fingerprint density at radius 1 is 1.16 bits per heavy atom. The molecule has 0 N–H and O–H groups in total. The monoisotopic (exact) mass is 424 g/mol. The van der Waals surface area contributed by atoms with E-state index in [0.29, 0.717) is 19.2 Å². The summed E-state index contributed by atoms with van der Waals surface area (Å²) in [5.74, 6) is 0.858. The van der Waals surface area contributed by atoms with Gasteiger partial charge in [0.2, 0.25) is 0 Å². The van der Waals surface area contributed by atoms with E-state index in [2.05, 4.69) is 54.3 Å². The van der Waals surface area contributed by atoms with E-state index >= 15 is 0 Å². The second-order valence-corrected chi connectivity index (χ2v) is 9.24. The molecular weight excluding hydrogens is 388 g/mol. The van der Waals surface area contributed by atoms with Gasteiger partial charge in [-0.15, -0.1) is 0 Å². The molecule has 0 aromatic heterocycles. The minimum atomic E-state index is -0.495. The van der Waals surface area contributed by atoms with Gasteiger partial charge in [-0.25, -0.2) is 4.79 Å². The van der Waals surface area contributed by atoms with Crippen molar-refractivity contribution in [3.8, 4) is 5.75 Å². The zero-order chi connectivity index (χ0) is 22.4. The summed E-state index contributed by atoms with van der Waals surface area (Å²) in [5.41, 5.74) is 3.63. The molecule has 1 amide bonds. The summed E-state index contributed by atoms with van der Waals surface area (Å²) >= 11 is 0. The van der Waals surface area contributed by atoms with Crippen LogP contribution >= 0.6 is 0 Å². The van der Waals surface area contributed by atoms with Crippen LogP contribution in [0.5, 0.6) is 5.75 Å². The summed E-state index contributed by atoms with van der Waals surface area (Å²) in [6, 6.07) is 17.5. The summed E-state index contributed by atoms with van der Waals surface area (Å²) in [6.45, 7) is 10.8. The maximum Gasteiger partial charge on any atom is 0.410 e. The van der Waals surface area contributed by atoms with E-state index in [-0.39, 0.29) is 6.09 Å². The van der Waals surface area contributed by atoms with E-state index in [1.54, 1.807) is 11.9 Å². The number of fused-ring (bicyclic) bond motifs is 1. The quantitative estimate of drug-likeness (QED) is 0.593. The molecule has 5 nitrogen and oxygen atoms in total. The first-order chi connectivity index (χ1) is 14.8. The van der Waals surface area contributed by atoms with Gasteiger partial charge in [0.1, 0.15) is 18.0 Å². The predicted octanol–water partition coefficient (Wildman–Crippen LogP) is 5.44. The highest BCUT2D eigenvalue weighted by Gasteiger charge is 2.26. The Bertz CT molecular complexity index is 861. The summed E-state index contributed by atoms with van der Waals surface area (Å²) in [6.07, 6.45) is 1.79. The molecule has 5 heteroatoms. The van der Waals surface area contributed by atoms with Gasteiger partial charge in [0.05, 0.1) is 6.54 Å². The molecule has 1 atom stereocenters. The topological polar surface area (TPSA) is 42.0 Å². The van der Waals surface area contributed by atoms with Crippen molar-refractivity contribution in [2.45, 2.75) is 58.7 Å². The van der Waals surface area contributed by atoms with Crippen LogP contribution in [0.2, 0.25) is 0 Å². The molecule has 168 valence electrons. The van der Waals surface area contributed by atoms with Gasteiger partial charge < -0.3 is 14.4 Å². The Balaban J connectivity index is 1.61. The molecule has 2 aromatic carbocycles. The van der Waals surface area contributed by atoms with E-state index in [1.807, 2.05) is 26.8 Å². The number of ether oxygens (including phenoxy) is 2. The van der Waals surface area contributed by atoms with Gasteiger partial charge in [-0.2, -0.15) is 0 Å². The molecule has 0 bridgehead atoms. The zero-order valence-corrected chi connectivity index (χ0v) is 19.6. The molecule has 2 aromatic rings. The summed E-state index contributed by atoms with van der Waals surface area (Å²) in [5, 5.41) is 0. The largest absolute Gasteiger partial charge is 0.492 e. The van der Waals surface area contributed by atoms with Crippen molar-refractivity contribution in [1.29, 1.82) is 0 Å². The highest BCUT2D eigenvalue weighted by molar-refractivity contribution is 5.67. The van der Waals surface area contributed by atoms with Crippen molar-refractivity contribution in [3.63, 3.8) is 0 Å². The Labute approximate surface area is 187 Å². The molecule has 0 saturated heterocycles. The predicted molar refractivity (Wildman–Crippen MR) is 124 cm³/mol. The fourth-order valence-electron chi connectivity index (χ4n) is 4.03. The molecular formula is C26H36N2O3. The van der Waals surface area contributed by atoms with Crippen molar-refractivity contribution in [3.05, 3.63) is 65.2 Å². The van der Waals surface area contributed by atoms with Crippen LogP contribution in [0.3, 0.4) is 0 Å². The number of benzene rings is 2. The molecule has 0 spiro atoms. The van der Waals surface area contributed by atoms with E-state index in [1.165, 1.54) is 16.7 Å². The van der Waals surface area contributed by atoms with Crippen LogP contribution in [0.25, 0.3) is 0 Å². The number of amides is 1. The maximum absolute atomic E-state index is 12.1. The lowest BCUT2D eigenvalue weighted by Crippen LogP contribution is -2.36.